The molecule has 5 heteroatoms. The zero-order valence-corrected chi connectivity index (χ0v) is 20.1. The number of nitrogens with one attached hydrogen (secondary N) is 1. The van der Waals surface area contributed by atoms with Gasteiger partial charge in [0.1, 0.15) is 12.4 Å². The van der Waals surface area contributed by atoms with E-state index in [4.69, 9.17) is 26.1 Å². The highest BCUT2D eigenvalue weighted by molar-refractivity contribution is 6.18. The third-order valence-corrected chi connectivity index (χ3v) is 6.42. The van der Waals surface area contributed by atoms with E-state index in [1.807, 2.05) is 36.4 Å². The van der Waals surface area contributed by atoms with E-state index in [-0.39, 0.29) is 6.61 Å². The van der Waals surface area contributed by atoms with E-state index in [9.17, 15) is 0 Å². The van der Waals surface area contributed by atoms with Gasteiger partial charge in [-0.15, -0.1) is 6.42 Å². The van der Waals surface area contributed by atoms with Gasteiger partial charge in [-0.3, -0.25) is 0 Å². The van der Waals surface area contributed by atoms with Crippen molar-refractivity contribution in [2.75, 3.05) is 11.9 Å². The predicted molar refractivity (Wildman–Crippen MR) is 147 cm³/mol. The summed E-state index contributed by atoms with van der Waals surface area (Å²) >= 11 is 0. The number of terminal acetylenes is 1. The van der Waals surface area contributed by atoms with Gasteiger partial charge in [0, 0.05) is 22.0 Å². The van der Waals surface area contributed by atoms with Gasteiger partial charge in [0.15, 0.2) is 11.7 Å². The number of fused-ring (bicyclic) bond motifs is 1. The maximum atomic E-state index is 5.69. The van der Waals surface area contributed by atoms with Crippen molar-refractivity contribution >= 4 is 38.9 Å². The van der Waals surface area contributed by atoms with Crippen LogP contribution in [0.4, 0.5) is 11.4 Å². The number of nitrogens with zero attached hydrogens (tertiary/aromatic N) is 3. The molecule has 1 aliphatic rings. The van der Waals surface area contributed by atoms with E-state index in [1.165, 1.54) is 5.56 Å². The summed E-state index contributed by atoms with van der Waals surface area (Å²) in [6.07, 6.45) is 5.39. The molecule has 0 atom stereocenters. The second-order valence-electron chi connectivity index (χ2n) is 9.11. The molecule has 5 aromatic rings. The number of rotatable bonds is 5. The quantitative estimate of drug-likeness (QED) is 0.280. The highest BCUT2D eigenvalue weighted by atomic mass is 16.5. The molecule has 1 N–H and O–H groups in total. The fourth-order valence-electron chi connectivity index (χ4n) is 4.57. The molecule has 5 nitrogen and oxygen atoms in total. The smallest absolute Gasteiger partial charge is 0.196 e. The number of anilines is 1. The molecule has 0 spiro atoms. The topological polar surface area (TPSA) is 59.4 Å². The van der Waals surface area contributed by atoms with Crippen LogP contribution >= 0.6 is 0 Å². The molecule has 4 aromatic carbocycles. The maximum Gasteiger partial charge on any atom is 0.196 e. The van der Waals surface area contributed by atoms with Crippen LogP contribution in [0.15, 0.2) is 83.9 Å². The third-order valence-electron chi connectivity index (χ3n) is 6.42. The molecular formula is C31H24N4O. The van der Waals surface area contributed by atoms with Crippen molar-refractivity contribution in [1.82, 2.24) is 9.97 Å². The molecule has 0 amide bonds. The summed E-state index contributed by atoms with van der Waals surface area (Å²) in [6.45, 7) is 4.58. The number of ether oxygens (including phenoxy) is 1. The van der Waals surface area contributed by atoms with Gasteiger partial charge in [0.2, 0.25) is 0 Å². The fraction of sp³-hybridized carbons (Fsp3) is 0.129. The molecule has 0 unspecified atom stereocenters. The Morgan fingerprint density at radius 2 is 1.75 bits per heavy atom. The summed E-state index contributed by atoms with van der Waals surface area (Å²) in [5, 5.41) is 6.60. The Labute approximate surface area is 209 Å². The molecule has 6 rings (SSSR count). The Morgan fingerprint density at radius 1 is 0.944 bits per heavy atom. The van der Waals surface area contributed by atoms with Gasteiger partial charge in [-0.1, -0.05) is 68.3 Å². The number of aliphatic imine (C=N–C) groups is 1. The largest absolute Gasteiger partial charge is 0.481 e. The number of benzene rings is 4. The minimum Gasteiger partial charge on any atom is -0.481 e. The summed E-state index contributed by atoms with van der Waals surface area (Å²) in [5.74, 6) is 4.81. The molecule has 1 aliphatic heterocycles. The summed E-state index contributed by atoms with van der Waals surface area (Å²) in [5.41, 5.74) is 5.80. The van der Waals surface area contributed by atoms with Crippen molar-refractivity contribution in [2.45, 2.75) is 19.8 Å². The Hall–Kier alpha value is -4.69. The zero-order valence-electron chi connectivity index (χ0n) is 20.1. The lowest BCUT2D eigenvalue weighted by Gasteiger charge is -2.19. The van der Waals surface area contributed by atoms with Crippen molar-refractivity contribution in [3.05, 3.63) is 90.3 Å². The fourth-order valence-corrected chi connectivity index (χ4v) is 4.57. The molecule has 0 radical (unpaired) electrons. The molecule has 2 heterocycles. The van der Waals surface area contributed by atoms with Crippen LogP contribution in [0.2, 0.25) is 0 Å². The SMILES string of the molecule is C#CCOc1ccc2nc(C3=Nc4cccc5cccc(c45)N3)nc(-c3ccc(C(C)C)cc3)c2c1. The van der Waals surface area contributed by atoms with Gasteiger partial charge in [0.05, 0.1) is 16.9 Å². The first kappa shape index (κ1) is 21.8. The molecule has 0 saturated carbocycles. The van der Waals surface area contributed by atoms with Crippen LogP contribution in [-0.2, 0) is 0 Å². The van der Waals surface area contributed by atoms with Crippen LogP contribution in [0.25, 0.3) is 32.9 Å². The lowest BCUT2D eigenvalue weighted by Crippen LogP contribution is -2.19. The molecule has 0 saturated heterocycles. The lowest BCUT2D eigenvalue weighted by atomic mass is 9.99. The first-order chi connectivity index (χ1) is 17.6. The van der Waals surface area contributed by atoms with Crippen LogP contribution in [0.5, 0.6) is 5.75 Å². The van der Waals surface area contributed by atoms with Gasteiger partial charge >= 0.3 is 0 Å². The Bertz CT molecular complexity index is 1690. The molecule has 36 heavy (non-hydrogen) atoms. The van der Waals surface area contributed by atoms with Crippen molar-refractivity contribution in [2.24, 2.45) is 4.99 Å². The monoisotopic (exact) mass is 468 g/mol. The average molecular weight is 469 g/mol. The molecule has 0 aliphatic carbocycles. The number of amidine groups is 1. The molecular weight excluding hydrogens is 444 g/mol. The second kappa shape index (κ2) is 8.83. The van der Waals surface area contributed by atoms with E-state index in [2.05, 4.69) is 67.5 Å². The summed E-state index contributed by atoms with van der Waals surface area (Å²) < 4.78 is 5.69. The van der Waals surface area contributed by atoms with Crippen LogP contribution in [0.3, 0.4) is 0 Å². The van der Waals surface area contributed by atoms with Gasteiger partial charge in [-0.25, -0.2) is 15.0 Å². The zero-order chi connectivity index (χ0) is 24.6. The summed E-state index contributed by atoms with van der Waals surface area (Å²) in [7, 11) is 0. The molecule has 1 aromatic heterocycles. The van der Waals surface area contributed by atoms with E-state index in [0.29, 0.717) is 23.3 Å². The molecule has 0 bridgehead atoms. The minimum atomic E-state index is 0.203. The highest BCUT2D eigenvalue weighted by Crippen LogP contribution is 2.37. The van der Waals surface area contributed by atoms with Crippen molar-refractivity contribution in [3.8, 4) is 29.4 Å². The van der Waals surface area contributed by atoms with Crippen LogP contribution < -0.4 is 10.1 Å². The maximum absolute atomic E-state index is 5.69. The summed E-state index contributed by atoms with van der Waals surface area (Å²) in [4.78, 5) is 14.8. The van der Waals surface area contributed by atoms with Crippen LogP contribution in [0, 0.1) is 12.3 Å². The van der Waals surface area contributed by atoms with Crippen molar-refractivity contribution in [1.29, 1.82) is 0 Å². The van der Waals surface area contributed by atoms with E-state index in [0.717, 1.165) is 44.3 Å². The summed E-state index contributed by atoms with van der Waals surface area (Å²) in [6, 6.07) is 26.6. The average Bonchev–Trinajstić information content (AvgIpc) is 2.91. The van der Waals surface area contributed by atoms with Crippen LogP contribution in [0.1, 0.15) is 31.2 Å². The van der Waals surface area contributed by atoms with Crippen molar-refractivity contribution in [3.63, 3.8) is 0 Å². The third kappa shape index (κ3) is 3.83. The van der Waals surface area contributed by atoms with Crippen molar-refractivity contribution < 1.29 is 4.74 Å². The van der Waals surface area contributed by atoms with E-state index in [1.54, 1.807) is 0 Å². The lowest BCUT2D eigenvalue weighted by molar-refractivity contribution is 0.371. The second-order valence-corrected chi connectivity index (χ2v) is 9.11. The Morgan fingerprint density at radius 3 is 2.53 bits per heavy atom. The van der Waals surface area contributed by atoms with E-state index >= 15 is 0 Å². The normalized spacial score (nSPS) is 12.3. The van der Waals surface area contributed by atoms with Crippen LogP contribution in [-0.4, -0.2) is 22.4 Å². The first-order valence-electron chi connectivity index (χ1n) is 12.0. The van der Waals surface area contributed by atoms with E-state index < -0.39 is 0 Å². The Kier molecular flexibility index (Phi) is 5.35. The standard InChI is InChI=1S/C31H24N4O/c1-4-17-36-23-15-16-25-24(18-23)29(22-13-11-20(12-14-22)19(2)3)35-31(32-25)30-33-26-9-5-7-21-8-6-10-27(34-30)28(21)26/h1,5-16,18-19H,17H2,2-3H3,(H,33,34). The van der Waals surface area contributed by atoms with Gasteiger partial charge in [0.25, 0.3) is 0 Å². The number of hydrogen-bond acceptors (Lipinski definition) is 5. The number of aromatic nitrogens is 2. The first-order valence-corrected chi connectivity index (χ1v) is 12.0. The Balaban J connectivity index is 1.53. The van der Waals surface area contributed by atoms with Gasteiger partial charge < -0.3 is 10.1 Å². The minimum absolute atomic E-state index is 0.203. The number of hydrogen-bond donors (Lipinski definition) is 1. The molecule has 0 fully saturated rings. The molecule has 174 valence electrons. The van der Waals surface area contributed by atoms with Gasteiger partial charge in [-0.05, 0) is 47.2 Å². The van der Waals surface area contributed by atoms with Gasteiger partial charge in [-0.2, -0.15) is 0 Å². The predicted octanol–water partition coefficient (Wildman–Crippen LogP) is 7.09. The highest BCUT2D eigenvalue weighted by Gasteiger charge is 2.20.